The highest BCUT2D eigenvalue weighted by atomic mass is 35.5. The maximum Gasteiger partial charge on any atom is 0.308 e. The standard InChI is InChI=1S/C15H16ClN3O6/c1-8-6-18(7-9(8)15(22)23)12(20)5-17-14(21)13-10(16)3-2-4-11(13)19(24)25/h2-4,8-9H,5-7H2,1H3,(H,17,21)(H,22,23)/t8-,9-/m1/s1. The van der Waals surface area contributed by atoms with Gasteiger partial charge >= 0.3 is 5.97 Å². The number of hydrogen-bond acceptors (Lipinski definition) is 5. The number of nitrogens with one attached hydrogen (secondary N) is 1. The van der Waals surface area contributed by atoms with E-state index in [2.05, 4.69) is 5.32 Å². The summed E-state index contributed by atoms with van der Waals surface area (Å²) < 4.78 is 0. The van der Waals surface area contributed by atoms with E-state index in [4.69, 9.17) is 16.7 Å². The van der Waals surface area contributed by atoms with Gasteiger partial charge in [0.2, 0.25) is 5.91 Å². The van der Waals surface area contributed by atoms with Gasteiger partial charge in [0.25, 0.3) is 11.6 Å². The lowest BCUT2D eigenvalue weighted by Crippen LogP contribution is -2.39. The second kappa shape index (κ2) is 7.47. The van der Waals surface area contributed by atoms with Crippen LogP contribution < -0.4 is 5.32 Å². The van der Waals surface area contributed by atoms with Gasteiger partial charge in [-0.15, -0.1) is 0 Å². The van der Waals surface area contributed by atoms with Crippen LogP contribution in [0.15, 0.2) is 18.2 Å². The van der Waals surface area contributed by atoms with Crippen molar-refractivity contribution in [2.75, 3.05) is 19.6 Å². The summed E-state index contributed by atoms with van der Waals surface area (Å²) in [6, 6.07) is 3.83. The highest BCUT2D eigenvalue weighted by Gasteiger charge is 2.37. The molecule has 10 heteroatoms. The molecule has 1 aliphatic heterocycles. The number of nitrogens with zero attached hydrogens (tertiary/aromatic N) is 2. The van der Waals surface area contributed by atoms with E-state index in [0.29, 0.717) is 0 Å². The van der Waals surface area contributed by atoms with Gasteiger partial charge in [0.15, 0.2) is 0 Å². The van der Waals surface area contributed by atoms with Crippen LogP contribution in [0.25, 0.3) is 0 Å². The molecule has 0 aliphatic carbocycles. The minimum absolute atomic E-state index is 0.0669. The van der Waals surface area contributed by atoms with Crippen molar-refractivity contribution >= 4 is 35.1 Å². The molecule has 1 heterocycles. The fourth-order valence-corrected chi connectivity index (χ4v) is 2.99. The zero-order valence-electron chi connectivity index (χ0n) is 13.3. The molecule has 9 nitrogen and oxygen atoms in total. The number of nitro groups is 1. The first-order valence-corrected chi connectivity index (χ1v) is 7.81. The molecule has 0 unspecified atom stereocenters. The molecule has 2 amide bonds. The summed E-state index contributed by atoms with van der Waals surface area (Å²) in [5.41, 5.74) is -0.779. The molecule has 1 fully saturated rings. The highest BCUT2D eigenvalue weighted by Crippen LogP contribution is 2.26. The molecule has 0 bridgehead atoms. The fourth-order valence-electron chi connectivity index (χ4n) is 2.74. The number of halogens is 1. The third-order valence-electron chi connectivity index (χ3n) is 4.10. The van der Waals surface area contributed by atoms with Crippen LogP contribution >= 0.6 is 11.6 Å². The lowest BCUT2D eigenvalue weighted by Gasteiger charge is -2.16. The van der Waals surface area contributed by atoms with Crippen molar-refractivity contribution in [3.05, 3.63) is 38.9 Å². The lowest BCUT2D eigenvalue weighted by molar-refractivity contribution is -0.385. The van der Waals surface area contributed by atoms with Crippen LogP contribution in [-0.2, 0) is 9.59 Å². The van der Waals surface area contributed by atoms with Crippen LogP contribution in [0.3, 0.4) is 0 Å². The van der Waals surface area contributed by atoms with Gasteiger partial charge in [-0.3, -0.25) is 24.5 Å². The Balaban J connectivity index is 2.03. The summed E-state index contributed by atoms with van der Waals surface area (Å²) in [4.78, 5) is 47.0. The summed E-state index contributed by atoms with van der Waals surface area (Å²) in [6.07, 6.45) is 0. The molecule has 2 rings (SSSR count). The zero-order valence-corrected chi connectivity index (χ0v) is 14.0. The number of rotatable bonds is 5. The number of benzene rings is 1. The molecule has 0 saturated carbocycles. The summed E-state index contributed by atoms with van der Waals surface area (Å²) in [5.74, 6) is -3.11. The summed E-state index contributed by atoms with van der Waals surface area (Å²) in [6.45, 7) is 1.67. The Kier molecular flexibility index (Phi) is 5.58. The fraction of sp³-hybridized carbons (Fsp3) is 0.400. The van der Waals surface area contributed by atoms with Gasteiger partial charge in [-0.05, 0) is 12.0 Å². The third kappa shape index (κ3) is 4.05. The third-order valence-corrected chi connectivity index (χ3v) is 4.41. The van der Waals surface area contributed by atoms with E-state index in [1.165, 1.54) is 17.0 Å². The first-order chi connectivity index (χ1) is 11.7. The molecule has 1 aliphatic rings. The number of likely N-dealkylation sites (tertiary alicyclic amines) is 1. The van der Waals surface area contributed by atoms with Gasteiger partial charge in [0, 0.05) is 19.2 Å². The van der Waals surface area contributed by atoms with Crippen LogP contribution in [0.5, 0.6) is 0 Å². The normalized spacial score (nSPS) is 19.5. The molecular formula is C15H16ClN3O6. The SMILES string of the molecule is C[C@@H]1CN(C(=O)CNC(=O)c2c(Cl)cccc2[N+](=O)[O-])C[C@H]1C(=O)O. The van der Waals surface area contributed by atoms with E-state index >= 15 is 0 Å². The Labute approximate surface area is 147 Å². The largest absolute Gasteiger partial charge is 0.481 e. The second-order valence-corrected chi connectivity index (χ2v) is 6.20. The minimum atomic E-state index is -0.974. The smallest absolute Gasteiger partial charge is 0.308 e. The van der Waals surface area contributed by atoms with E-state index in [1.54, 1.807) is 6.92 Å². The van der Waals surface area contributed by atoms with Crippen LogP contribution in [0, 0.1) is 22.0 Å². The Morgan fingerprint density at radius 2 is 2.08 bits per heavy atom. The molecule has 25 heavy (non-hydrogen) atoms. The van der Waals surface area contributed by atoms with Crippen molar-refractivity contribution in [1.82, 2.24) is 10.2 Å². The molecular weight excluding hydrogens is 354 g/mol. The van der Waals surface area contributed by atoms with Crippen LogP contribution in [0.2, 0.25) is 5.02 Å². The van der Waals surface area contributed by atoms with Crippen molar-refractivity contribution in [1.29, 1.82) is 0 Å². The number of carbonyl (C=O) groups excluding carboxylic acids is 2. The number of carboxylic acids is 1. The molecule has 1 aromatic carbocycles. The van der Waals surface area contributed by atoms with Crippen LogP contribution in [-0.4, -0.2) is 52.3 Å². The topological polar surface area (TPSA) is 130 Å². The molecule has 0 spiro atoms. The van der Waals surface area contributed by atoms with Crippen molar-refractivity contribution in [2.24, 2.45) is 11.8 Å². The van der Waals surface area contributed by atoms with Crippen molar-refractivity contribution in [3.8, 4) is 0 Å². The summed E-state index contributed by atoms with van der Waals surface area (Å²) >= 11 is 5.86. The number of hydrogen-bond donors (Lipinski definition) is 2. The molecule has 0 radical (unpaired) electrons. The molecule has 2 atom stereocenters. The number of carboxylic acid groups (broad SMARTS) is 1. The van der Waals surface area contributed by atoms with Crippen LogP contribution in [0.4, 0.5) is 5.69 Å². The zero-order chi connectivity index (χ0) is 18.7. The maximum absolute atomic E-state index is 12.2. The van der Waals surface area contributed by atoms with Gasteiger partial charge in [-0.25, -0.2) is 0 Å². The lowest BCUT2D eigenvalue weighted by atomic mass is 9.99. The quantitative estimate of drug-likeness (QED) is 0.591. The van der Waals surface area contributed by atoms with E-state index in [9.17, 15) is 24.5 Å². The average molecular weight is 370 g/mol. The maximum atomic E-state index is 12.2. The van der Waals surface area contributed by atoms with Gasteiger partial charge in [0.1, 0.15) is 5.56 Å². The van der Waals surface area contributed by atoms with E-state index in [1.807, 2.05) is 0 Å². The molecule has 0 aromatic heterocycles. The Morgan fingerprint density at radius 3 is 2.64 bits per heavy atom. The summed E-state index contributed by atoms with van der Waals surface area (Å²) in [7, 11) is 0. The van der Waals surface area contributed by atoms with Crippen molar-refractivity contribution in [3.63, 3.8) is 0 Å². The van der Waals surface area contributed by atoms with Gasteiger partial charge in [-0.2, -0.15) is 0 Å². The Hall–Kier alpha value is -2.68. The van der Waals surface area contributed by atoms with Crippen LogP contribution in [0.1, 0.15) is 17.3 Å². The monoisotopic (exact) mass is 369 g/mol. The van der Waals surface area contributed by atoms with Gasteiger partial charge < -0.3 is 15.3 Å². The molecule has 1 aromatic rings. The number of aliphatic carboxylic acids is 1. The van der Waals surface area contributed by atoms with E-state index < -0.39 is 40.9 Å². The number of nitro benzene ring substituents is 1. The second-order valence-electron chi connectivity index (χ2n) is 5.79. The molecule has 134 valence electrons. The Morgan fingerprint density at radius 1 is 1.40 bits per heavy atom. The number of amides is 2. The summed E-state index contributed by atoms with van der Waals surface area (Å²) in [5, 5.41) is 22.3. The first kappa shape index (κ1) is 18.7. The van der Waals surface area contributed by atoms with Crippen molar-refractivity contribution in [2.45, 2.75) is 6.92 Å². The average Bonchev–Trinajstić information content (AvgIpc) is 2.94. The number of carbonyl (C=O) groups is 3. The molecule has 1 saturated heterocycles. The first-order valence-electron chi connectivity index (χ1n) is 7.44. The van der Waals surface area contributed by atoms with Gasteiger partial charge in [0.05, 0.1) is 22.4 Å². The minimum Gasteiger partial charge on any atom is -0.481 e. The Bertz CT molecular complexity index is 738. The van der Waals surface area contributed by atoms with E-state index in [0.717, 1.165) is 6.07 Å². The predicted molar refractivity (Wildman–Crippen MR) is 87.3 cm³/mol. The van der Waals surface area contributed by atoms with Crippen molar-refractivity contribution < 1.29 is 24.4 Å². The van der Waals surface area contributed by atoms with Gasteiger partial charge in [-0.1, -0.05) is 24.6 Å². The van der Waals surface area contributed by atoms with E-state index in [-0.39, 0.29) is 29.6 Å². The predicted octanol–water partition coefficient (Wildman–Crippen LogP) is 1.16. The highest BCUT2D eigenvalue weighted by molar-refractivity contribution is 6.34. The molecule has 2 N–H and O–H groups in total.